The number of benzene rings is 1. The zero-order valence-electron chi connectivity index (χ0n) is 11.4. The minimum atomic E-state index is -0.354. The van der Waals surface area contributed by atoms with E-state index in [4.69, 9.17) is 15.7 Å². The van der Waals surface area contributed by atoms with Crippen LogP contribution >= 0.6 is 15.9 Å². The molecule has 0 amide bonds. The number of anilines is 1. The number of nitrogens with two attached hydrogens (primary N) is 1. The number of nitrogens with zero attached hydrogens (tertiary/aromatic N) is 1. The Hall–Kier alpha value is -1.43. The monoisotopic (exact) mass is 329 g/mol. The van der Waals surface area contributed by atoms with Crippen molar-refractivity contribution in [2.75, 3.05) is 19.0 Å². The number of amidine groups is 1. The Balaban J connectivity index is 2.63. The van der Waals surface area contributed by atoms with Crippen LogP contribution in [0.5, 0.6) is 5.75 Å². The smallest absolute Gasteiger partial charge is 0.144 e. The molecule has 6 heteroatoms. The van der Waals surface area contributed by atoms with E-state index in [2.05, 4.69) is 26.4 Å². The fraction of sp³-hybridized carbons (Fsp3) is 0.462. The van der Waals surface area contributed by atoms with Gasteiger partial charge in [0, 0.05) is 22.5 Å². The number of nitrogens with one attached hydrogen (secondary N) is 1. The Morgan fingerprint density at radius 3 is 2.79 bits per heavy atom. The summed E-state index contributed by atoms with van der Waals surface area (Å²) in [4.78, 5) is 0. The lowest BCUT2D eigenvalue weighted by atomic mass is 9.88. The van der Waals surface area contributed by atoms with Gasteiger partial charge in [-0.3, -0.25) is 0 Å². The van der Waals surface area contributed by atoms with Gasteiger partial charge in [-0.25, -0.2) is 0 Å². The summed E-state index contributed by atoms with van der Waals surface area (Å²) >= 11 is 3.48. The van der Waals surface area contributed by atoms with Crippen LogP contribution in [0.2, 0.25) is 0 Å². The SMILES string of the molecule is COc1ccc(Br)c(NCCC(C)(C)C(N)=NO)c1. The summed E-state index contributed by atoms with van der Waals surface area (Å²) in [7, 11) is 1.63. The molecular formula is C13H20BrN3O2. The van der Waals surface area contributed by atoms with Crippen molar-refractivity contribution < 1.29 is 9.94 Å². The van der Waals surface area contributed by atoms with E-state index >= 15 is 0 Å². The van der Waals surface area contributed by atoms with Crippen LogP contribution in [0.4, 0.5) is 5.69 Å². The third-order valence-corrected chi connectivity index (χ3v) is 3.73. The van der Waals surface area contributed by atoms with E-state index in [9.17, 15) is 0 Å². The van der Waals surface area contributed by atoms with E-state index in [0.717, 1.165) is 22.3 Å². The van der Waals surface area contributed by atoms with Gasteiger partial charge < -0.3 is 21.0 Å². The third kappa shape index (κ3) is 4.31. The lowest BCUT2D eigenvalue weighted by molar-refractivity contribution is 0.306. The molecule has 0 saturated carbocycles. The van der Waals surface area contributed by atoms with Crippen LogP contribution in [0.1, 0.15) is 20.3 Å². The highest BCUT2D eigenvalue weighted by atomic mass is 79.9. The van der Waals surface area contributed by atoms with Crippen LogP contribution in [0.15, 0.2) is 27.8 Å². The minimum Gasteiger partial charge on any atom is -0.497 e. The summed E-state index contributed by atoms with van der Waals surface area (Å²) in [6.07, 6.45) is 0.743. The van der Waals surface area contributed by atoms with E-state index in [1.54, 1.807) is 7.11 Å². The maximum Gasteiger partial charge on any atom is 0.144 e. The predicted molar refractivity (Wildman–Crippen MR) is 81.0 cm³/mol. The molecule has 0 aliphatic rings. The molecule has 4 N–H and O–H groups in total. The summed E-state index contributed by atoms with van der Waals surface area (Å²) in [5.41, 5.74) is 6.25. The molecule has 0 radical (unpaired) electrons. The first-order valence-corrected chi connectivity index (χ1v) is 6.75. The fourth-order valence-corrected chi connectivity index (χ4v) is 1.93. The van der Waals surface area contributed by atoms with Crippen LogP contribution in [-0.4, -0.2) is 24.7 Å². The molecule has 0 saturated heterocycles. The number of methoxy groups -OCH3 is 1. The molecule has 0 atom stereocenters. The molecule has 0 bridgehead atoms. The molecule has 0 aliphatic carbocycles. The second kappa shape index (κ2) is 6.65. The molecule has 0 aliphatic heterocycles. The highest BCUT2D eigenvalue weighted by molar-refractivity contribution is 9.10. The largest absolute Gasteiger partial charge is 0.497 e. The predicted octanol–water partition coefficient (Wildman–Crippen LogP) is 3.03. The molecule has 1 aromatic rings. The number of hydrogen-bond donors (Lipinski definition) is 3. The van der Waals surface area contributed by atoms with E-state index in [1.807, 2.05) is 32.0 Å². The molecule has 0 spiro atoms. The van der Waals surface area contributed by atoms with E-state index in [1.165, 1.54) is 0 Å². The fourth-order valence-electron chi connectivity index (χ4n) is 1.54. The first kappa shape index (κ1) is 15.6. The Morgan fingerprint density at radius 2 is 2.21 bits per heavy atom. The van der Waals surface area contributed by atoms with Crippen LogP contribution in [0.3, 0.4) is 0 Å². The molecule has 0 unspecified atom stereocenters. The van der Waals surface area contributed by atoms with E-state index in [-0.39, 0.29) is 11.3 Å². The maximum atomic E-state index is 8.72. The summed E-state index contributed by atoms with van der Waals surface area (Å²) < 4.78 is 6.15. The van der Waals surface area contributed by atoms with Crippen molar-refractivity contribution in [3.05, 3.63) is 22.7 Å². The summed E-state index contributed by atoms with van der Waals surface area (Å²) in [5.74, 6) is 1.03. The van der Waals surface area contributed by atoms with Gasteiger partial charge >= 0.3 is 0 Å². The normalized spacial score (nSPS) is 12.3. The van der Waals surface area contributed by atoms with Crippen molar-refractivity contribution in [1.29, 1.82) is 0 Å². The highest BCUT2D eigenvalue weighted by Gasteiger charge is 2.23. The molecule has 106 valence electrons. The van der Waals surface area contributed by atoms with Crippen LogP contribution < -0.4 is 15.8 Å². The van der Waals surface area contributed by atoms with Gasteiger partial charge in [0.15, 0.2) is 0 Å². The maximum absolute atomic E-state index is 8.72. The van der Waals surface area contributed by atoms with Gasteiger partial charge in [0.25, 0.3) is 0 Å². The molecule has 1 rings (SSSR count). The zero-order chi connectivity index (χ0) is 14.5. The first-order chi connectivity index (χ1) is 8.90. The lowest BCUT2D eigenvalue weighted by Gasteiger charge is -2.23. The number of halogens is 1. The topological polar surface area (TPSA) is 79.9 Å². The Morgan fingerprint density at radius 1 is 1.53 bits per heavy atom. The molecule has 0 heterocycles. The zero-order valence-corrected chi connectivity index (χ0v) is 13.0. The summed E-state index contributed by atoms with van der Waals surface area (Å²) in [5, 5.41) is 15.1. The van der Waals surface area contributed by atoms with Crippen LogP contribution in [0, 0.1) is 5.41 Å². The van der Waals surface area contributed by atoms with Gasteiger partial charge in [0.2, 0.25) is 0 Å². The van der Waals surface area contributed by atoms with Crippen molar-refractivity contribution >= 4 is 27.5 Å². The molecule has 5 nitrogen and oxygen atoms in total. The minimum absolute atomic E-state index is 0.235. The second-order valence-electron chi connectivity index (χ2n) is 4.89. The van der Waals surface area contributed by atoms with Gasteiger partial charge in [0.05, 0.1) is 12.8 Å². The van der Waals surface area contributed by atoms with Crippen molar-refractivity contribution in [2.45, 2.75) is 20.3 Å². The average molecular weight is 330 g/mol. The average Bonchev–Trinajstić information content (AvgIpc) is 2.39. The number of oxime groups is 1. The number of ether oxygens (including phenoxy) is 1. The van der Waals surface area contributed by atoms with Crippen molar-refractivity contribution in [3.8, 4) is 5.75 Å². The quantitative estimate of drug-likeness (QED) is 0.324. The molecule has 0 fully saturated rings. The van der Waals surface area contributed by atoms with Crippen molar-refractivity contribution in [2.24, 2.45) is 16.3 Å². The second-order valence-corrected chi connectivity index (χ2v) is 5.75. The van der Waals surface area contributed by atoms with Crippen LogP contribution in [-0.2, 0) is 0 Å². The Kier molecular flexibility index (Phi) is 5.47. The summed E-state index contributed by atoms with van der Waals surface area (Å²) in [6, 6.07) is 5.73. The Bertz CT molecular complexity index is 461. The van der Waals surface area contributed by atoms with Crippen molar-refractivity contribution in [1.82, 2.24) is 0 Å². The van der Waals surface area contributed by atoms with Gasteiger partial charge in [-0.2, -0.15) is 0 Å². The van der Waals surface area contributed by atoms with E-state index in [0.29, 0.717) is 6.54 Å². The summed E-state index contributed by atoms with van der Waals surface area (Å²) in [6.45, 7) is 4.57. The van der Waals surface area contributed by atoms with E-state index < -0.39 is 0 Å². The van der Waals surface area contributed by atoms with Gasteiger partial charge in [-0.05, 0) is 34.5 Å². The first-order valence-electron chi connectivity index (χ1n) is 5.96. The number of rotatable bonds is 6. The molecule has 19 heavy (non-hydrogen) atoms. The van der Waals surface area contributed by atoms with Gasteiger partial charge in [0.1, 0.15) is 11.6 Å². The Labute approximate surface area is 122 Å². The van der Waals surface area contributed by atoms with Crippen molar-refractivity contribution in [3.63, 3.8) is 0 Å². The molecular weight excluding hydrogens is 310 g/mol. The standard InChI is InChI=1S/C13H20BrN3O2/c1-13(2,12(15)17-18)6-7-16-11-8-9(19-3)4-5-10(11)14/h4-5,8,16,18H,6-7H2,1-3H3,(H2,15,17). The van der Waals surface area contributed by atoms with Gasteiger partial charge in [-0.15, -0.1) is 0 Å². The van der Waals surface area contributed by atoms with Gasteiger partial charge in [-0.1, -0.05) is 19.0 Å². The third-order valence-electron chi connectivity index (χ3n) is 3.04. The number of hydrogen-bond acceptors (Lipinski definition) is 4. The lowest BCUT2D eigenvalue weighted by Crippen LogP contribution is -2.33. The molecule has 0 aromatic heterocycles. The van der Waals surface area contributed by atoms with Crippen LogP contribution in [0.25, 0.3) is 0 Å². The highest BCUT2D eigenvalue weighted by Crippen LogP contribution is 2.28. The molecule has 1 aromatic carbocycles.